The average Bonchev–Trinajstić information content (AvgIpc) is 2.67. The van der Waals surface area contributed by atoms with Crippen LogP contribution < -0.4 is 5.32 Å². The maximum absolute atomic E-state index is 13.6. The molecule has 0 unspecified atom stereocenters. The summed E-state index contributed by atoms with van der Waals surface area (Å²) in [6.45, 7) is 0. The van der Waals surface area contributed by atoms with Crippen LogP contribution >= 0.6 is 23.4 Å². The van der Waals surface area contributed by atoms with Gasteiger partial charge in [-0.05, 0) is 54.8 Å². The van der Waals surface area contributed by atoms with E-state index in [-0.39, 0.29) is 24.0 Å². The van der Waals surface area contributed by atoms with Crippen molar-refractivity contribution in [3.63, 3.8) is 0 Å². The van der Waals surface area contributed by atoms with Gasteiger partial charge in [0, 0.05) is 30.3 Å². The second-order valence-corrected chi connectivity index (χ2v) is 8.32. The van der Waals surface area contributed by atoms with Crippen LogP contribution in [0.3, 0.4) is 0 Å². The van der Waals surface area contributed by atoms with E-state index in [1.165, 1.54) is 18.0 Å². The lowest BCUT2D eigenvalue weighted by molar-refractivity contribution is -0.137. The van der Waals surface area contributed by atoms with E-state index in [2.05, 4.69) is 10.3 Å². The van der Waals surface area contributed by atoms with Gasteiger partial charge in [-0.15, -0.1) is 11.8 Å². The van der Waals surface area contributed by atoms with E-state index < -0.39 is 47.4 Å². The topological polar surface area (TPSA) is 42.0 Å². The Balaban J connectivity index is 1.99. The highest BCUT2D eigenvalue weighted by Gasteiger charge is 2.39. The van der Waals surface area contributed by atoms with Gasteiger partial charge in [0.05, 0.1) is 15.6 Å². The predicted octanol–water partition coefficient (Wildman–Crippen LogP) is 7.02. The number of benzene rings is 1. The summed E-state index contributed by atoms with van der Waals surface area (Å²) < 4.78 is 67.2. The molecule has 0 radical (unpaired) electrons. The van der Waals surface area contributed by atoms with Gasteiger partial charge in [-0.2, -0.15) is 13.2 Å². The molecule has 10 heteroatoms. The lowest BCUT2D eigenvalue weighted by Crippen LogP contribution is -2.25. The lowest BCUT2D eigenvalue weighted by Gasteiger charge is -2.30. The van der Waals surface area contributed by atoms with Crippen LogP contribution in [0.25, 0.3) is 0 Å². The van der Waals surface area contributed by atoms with Crippen LogP contribution in [-0.4, -0.2) is 23.1 Å². The number of hydrogen-bond acceptors (Lipinski definition) is 3. The quantitative estimate of drug-likeness (QED) is 0.390. The molecule has 1 amide bonds. The first-order valence-electron chi connectivity index (χ1n) is 9.10. The van der Waals surface area contributed by atoms with Crippen LogP contribution in [0.1, 0.15) is 53.1 Å². The SMILES string of the molecule is CSc1cc(NC(=O)c2cc(Cl)c(C(F)(F)F)cc2C2CCC(F)(F)CC2)ccn1. The van der Waals surface area contributed by atoms with Crippen LogP contribution in [0.4, 0.5) is 27.6 Å². The first-order chi connectivity index (χ1) is 14.0. The van der Waals surface area contributed by atoms with Gasteiger partial charge in [0.1, 0.15) is 0 Å². The summed E-state index contributed by atoms with van der Waals surface area (Å²) in [5.41, 5.74) is -0.636. The maximum Gasteiger partial charge on any atom is 0.417 e. The Kier molecular flexibility index (Phi) is 6.62. The zero-order chi connectivity index (χ0) is 22.1. The Bertz CT molecular complexity index is 941. The highest BCUT2D eigenvalue weighted by molar-refractivity contribution is 7.98. The molecule has 1 aromatic carbocycles. The Morgan fingerprint density at radius 2 is 1.90 bits per heavy atom. The number of nitrogens with zero attached hydrogens (tertiary/aromatic N) is 1. The third kappa shape index (κ3) is 5.24. The molecular formula is C20H18ClF5N2OS. The largest absolute Gasteiger partial charge is 0.417 e. The number of pyridine rings is 1. The summed E-state index contributed by atoms with van der Waals surface area (Å²) in [5.74, 6) is -4.09. The number of thioether (sulfide) groups is 1. The molecule has 0 spiro atoms. The van der Waals surface area contributed by atoms with Gasteiger partial charge in [-0.1, -0.05) is 11.6 Å². The molecule has 0 saturated heterocycles. The minimum absolute atomic E-state index is 0.0158. The minimum atomic E-state index is -4.72. The molecule has 1 aromatic heterocycles. The summed E-state index contributed by atoms with van der Waals surface area (Å²) in [4.78, 5) is 17.0. The number of alkyl halides is 5. The van der Waals surface area contributed by atoms with Gasteiger partial charge in [-0.25, -0.2) is 13.8 Å². The predicted molar refractivity (Wildman–Crippen MR) is 107 cm³/mol. The summed E-state index contributed by atoms with van der Waals surface area (Å²) in [6, 6.07) is 4.96. The number of rotatable bonds is 4. The van der Waals surface area contributed by atoms with Crippen molar-refractivity contribution in [2.45, 2.75) is 48.7 Å². The highest BCUT2D eigenvalue weighted by atomic mass is 35.5. The third-order valence-corrected chi connectivity index (χ3v) is 6.00. The number of halogens is 6. The third-order valence-electron chi connectivity index (χ3n) is 5.05. The van der Waals surface area contributed by atoms with Gasteiger partial charge in [0.25, 0.3) is 5.91 Å². The van der Waals surface area contributed by atoms with Crippen LogP contribution in [0.2, 0.25) is 5.02 Å². The molecular weight excluding hydrogens is 447 g/mol. The normalized spacial score (nSPS) is 17.0. The van der Waals surface area contributed by atoms with Crippen molar-refractivity contribution in [1.82, 2.24) is 4.98 Å². The van der Waals surface area contributed by atoms with Gasteiger partial charge < -0.3 is 5.32 Å². The standard InChI is InChI=1S/C20H18ClF5N2OS/c1-30-17-8-12(4-7-27-17)28-18(29)14-10-16(21)15(20(24,25)26)9-13(14)11-2-5-19(22,23)6-3-11/h4,7-11H,2-3,5-6H2,1H3,(H,27,28,29). The van der Waals surface area contributed by atoms with Crippen molar-refractivity contribution >= 4 is 35.0 Å². The number of aromatic nitrogens is 1. The fourth-order valence-corrected chi connectivity index (χ4v) is 4.17. The van der Waals surface area contributed by atoms with Crippen LogP contribution in [0.5, 0.6) is 0 Å². The second kappa shape index (κ2) is 8.70. The Hall–Kier alpha value is -1.87. The number of carbonyl (C=O) groups is 1. The second-order valence-electron chi connectivity index (χ2n) is 7.09. The van der Waals surface area contributed by atoms with Crippen molar-refractivity contribution in [2.75, 3.05) is 11.6 Å². The van der Waals surface area contributed by atoms with E-state index >= 15 is 0 Å². The lowest BCUT2D eigenvalue weighted by atomic mass is 9.79. The molecule has 30 heavy (non-hydrogen) atoms. The number of hydrogen-bond donors (Lipinski definition) is 1. The Morgan fingerprint density at radius 3 is 2.50 bits per heavy atom. The monoisotopic (exact) mass is 464 g/mol. The van der Waals surface area contributed by atoms with Gasteiger partial charge >= 0.3 is 6.18 Å². The van der Waals surface area contributed by atoms with Gasteiger partial charge in [-0.3, -0.25) is 4.79 Å². The molecule has 1 saturated carbocycles. The number of nitrogens with one attached hydrogen (secondary N) is 1. The molecule has 3 rings (SSSR count). The zero-order valence-electron chi connectivity index (χ0n) is 15.8. The summed E-state index contributed by atoms with van der Waals surface area (Å²) >= 11 is 7.19. The molecule has 2 aromatic rings. The number of amides is 1. The molecule has 0 bridgehead atoms. The summed E-state index contributed by atoms with van der Waals surface area (Å²) in [5, 5.41) is 2.67. The number of anilines is 1. The average molecular weight is 465 g/mol. The van der Waals surface area contributed by atoms with E-state index in [9.17, 15) is 26.7 Å². The Morgan fingerprint density at radius 1 is 1.23 bits per heavy atom. The van der Waals surface area contributed by atoms with E-state index in [0.717, 1.165) is 12.1 Å². The van der Waals surface area contributed by atoms with E-state index in [1.54, 1.807) is 18.4 Å². The summed E-state index contributed by atoms with van der Waals surface area (Å²) in [7, 11) is 0. The van der Waals surface area contributed by atoms with Crippen molar-refractivity contribution in [2.24, 2.45) is 0 Å². The maximum atomic E-state index is 13.6. The van der Waals surface area contributed by atoms with Crippen molar-refractivity contribution in [1.29, 1.82) is 0 Å². The smallest absolute Gasteiger partial charge is 0.322 e. The van der Waals surface area contributed by atoms with Crippen molar-refractivity contribution in [3.8, 4) is 0 Å². The summed E-state index contributed by atoms with van der Waals surface area (Å²) in [6.07, 6.45) is -2.34. The van der Waals surface area contributed by atoms with Crippen LogP contribution in [0.15, 0.2) is 35.5 Å². The molecule has 1 aliphatic rings. The van der Waals surface area contributed by atoms with E-state index in [4.69, 9.17) is 11.6 Å². The Labute approximate surface area is 179 Å². The van der Waals surface area contributed by atoms with Crippen molar-refractivity contribution in [3.05, 3.63) is 52.2 Å². The molecule has 0 aliphatic heterocycles. The molecule has 3 nitrogen and oxygen atoms in total. The van der Waals surface area contributed by atoms with E-state index in [1.807, 2.05) is 0 Å². The molecule has 1 heterocycles. The minimum Gasteiger partial charge on any atom is -0.322 e. The molecule has 1 N–H and O–H groups in total. The van der Waals surface area contributed by atoms with Gasteiger partial charge in [0.15, 0.2) is 0 Å². The van der Waals surface area contributed by atoms with Crippen LogP contribution in [0, 0.1) is 0 Å². The van der Waals surface area contributed by atoms with Crippen LogP contribution in [-0.2, 0) is 6.18 Å². The zero-order valence-corrected chi connectivity index (χ0v) is 17.4. The highest BCUT2D eigenvalue weighted by Crippen LogP contribution is 2.44. The molecule has 0 atom stereocenters. The first-order valence-corrected chi connectivity index (χ1v) is 10.7. The number of carbonyl (C=O) groups excluding carboxylic acids is 1. The first kappa shape index (κ1) is 22.8. The van der Waals surface area contributed by atoms with E-state index in [0.29, 0.717) is 10.7 Å². The fourth-order valence-electron chi connectivity index (χ4n) is 3.49. The van der Waals surface area contributed by atoms with Gasteiger partial charge in [0.2, 0.25) is 5.92 Å². The fraction of sp³-hybridized carbons (Fsp3) is 0.400. The molecule has 1 aliphatic carbocycles. The molecule has 162 valence electrons. The van der Waals surface area contributed by atoms with Crippen molar-refractivity contribution < 1.29 is 26.7 Å². The molecule has 1 fully saturated rings.